The molecule has 0 amide bonds. The molecular formula is C16H30N4. The molecule has 0 fully saturated rings. The van der Waals surface area contributed by atoms with Crippen molar-refractivity contribution in [2.75, 3.05) is 23.8 Å². The minimum Gasteiger partial charge on any atom is -0.373 e. The Morgan fingerprint density at radius 3 is 2.25 bits per heavy atom. The molecule has 0 aromatic carbocycles. The van der Waals surface area contributed by atoms with Crippen LogP contribution in [0.25, 0.3) is 0 Å². The maximum atomic E-state index is 4.60. The van der Waals surface area contributed by atoms with Crippen molar-refractivity contribution in [3.05, 3.63) is 11.9 Å². The number of rotatable bonds is 8. The first-order valence-corrected chi connectivity index (χ1v) is 7.87. The van der Waals surface area contributed by atoms with Gasteiger partial charge in [-0.25, -0.2) is 9.97 Å². The lowest BCUT2D eigenvalue weighted by Crippen LogP contribution is -2.38. The van der Waals surface area contributed by atoms with Gasteiger partial charge in [-0.1, -0.05) is 34.6 Å². The van der Waals surface area contributed by atoms with E-state index in [1.807, 2.05) is 7.05 Å². The second kappa shape index (κ2) is 8.08. The Kier molecular flexibility index (Phi) is 6.76. The van der Waals surface area contributed by atoms with Crippen LogP contribution in [0.5, 0.6) is 0 Å². The summed E-state index contributed by atoms with van der Waals surface area (Å²) in [6.45, 7) is 12.3. The van der Waals surface area contributed by atoms with E-state index >= 15 is 0 Å². The van der Waals surface area contributed by atoms with Crippen molar-refractivity contribution in [2.24, 2.45) is 5.92 Å². The molecule has 114 valence electrons. The molecule has 20 heavy (non-hydrogen) atoms. The molecule has 4 nitrogen and oxygen atoms in total. The lowest BCUT2D eigenvalue weighted by atomic mass is 10.1. The Balaban J connectivity index is 3.25. The molecule has 0 radical (unpaired) electrons. The SMILES string of the molecule is CCc1c(NC)ncnc1N(CC(C)C)C(CC)CC. The predicted octanol–water partition coefficient (Wildman–Crippen LogP) is 3.73. The topological polar surface area (TPSA) is 41.1 Å². The zero-order chi connectivity index (χ0) is 15.1. The maximum Gasteiger partial charge on any atom is 0.137 e. The molecule has 0 spiro atoms. The number of nitrogens with one attached hydrogen (secondary N) is 1. The number of anilines is 2. The molecule has 0 atom stereocenters. The zero-order valence-corrected chi connectivity index (χ0v) is 13.9. The third kappa shape index (κ3) is 3.84. The first-order chi connectivity index (χ1) is 9.58. The van der Waals surface area contributed by atoms with E-state index in [2.05, 4.69) is 54.8 Å². The monoisotopic (exact) mass is 278 g/mol. The quantitative estimate of drug-likeness (QED) is 0.786. The molecule has 0 bridgehead atoms. The molecule has 0 aliphatic rings. The first kappa shape index (κ1) is 16.7. The van der Waals surface area contributed by atoms with Crippen LogP contribution in [-0.4, -0.2) is 29.6 Å². The highest BCUT2D eigenvalue weighted by atomic mass is 15.2. The third-order valence-electron chi connectivity index (χ3n) is 3.73. The molecule has 0 aliphatic heterocycles. The van der Waals surface area contributed by atoms with Crippen LogP contribution >= 0.6 is 0 Å². The molecule has 1 aromatic heterocycles. The van der Waals surface area contributed by atoms with E-state index in [0.29, 0.717) is 12.0 Å². The van der Waals surface area contributed by atoms with Gasteiger partial charge in [0.15, 0.2) is 0 Å². The van der Waals surface area contributed by atoms with Crippen molar-refractivity contribution < 1.29 is 0 Å². The lowest BCUT2D eigenvalue weighted by Gasteiger charge is -2.34. The fourth-order valence-corrected chi connectivity index (χ4v) is 2.72. The van der Waals surface area contributed by atoms with Gasteiger partial charge in [-0.3, -0.25) is 0 Å². The Morgan fingerprint density at radius 2 is 1.80 bits per heavy atom. The first-order valence-electron chi connectivity index (χ1n) is 7.87. The summed E-state index contributed by atoms with van der Waals surface area (Å²) in [4.78, 5) is 11.4. The van der Waals surface area contributed by atoms with Crippen LogP contribution < -0.4 is 10.2 Å². The Morgan fingerprint density at radius 1 is 1.15 bits per heavy atom. The van der Waals surface area contributed by atoms with Gasteiger partial charge < -0.3 is 10.2 Å². The second-order valence-electron chi connectivity index (χ2n) is 5.64. The standard InChI is InChI=1S/C16H30N4/c1-7-13(8-2)20(10-12(4)5)16-14(9-3)15(17-6)18-11-19-16/h11-13H,7-10H2,1-6H3,(H,17,18,19). The van der Waals surface area contributed by atoms with Crippen LogP contribution in [0, 0.1) is 5.92 Å². The van der Waals surface area contributed by atoms with Gasteiger partial charge in [-0.15, -0.1) is 0 Å². The number of aromatic nitrogens is 2. The molecule has 4 heteroatoms. The smallest absolute Gasteiger partial charge is 0.137 e. The summed E-state index contributed by atoms with van der Waals surface area (Å²) in [5, 5.41) is 3.19. The molecule has 0 saturated carbocycles. The highest BCUT2D eigenvalue weighted by Crippen LogP contribution is 2.27. The zero-order valence-electron chi connectivity index (χ0n) is 13.9. The van der Waals surface area contributed by atoms with Gasteiger partial charge in [-0.2, -0.15) is 0 Å². The van der Waals surface area contributed by atoms with Gasteiger partial charge in [-0.05, 0) is 25.2 Å². The summed E-state index contributed by atoms with van der Waals surface area (Å²) in [5.74, 6) is 2.68. The minimum absolute atomic E-state index is 0.544. The van der Waals surface area contributed by atoms with Gasteiger partial charge in [0.1, 0.15) is 18.0 Å². The fraction of sp³-hybridized carbons (Fsp3) is 0.750. The van der Waals surface area contributed by atoms with E-state index in [4.69, 9.17) is 0 Å². The largest absolute Gasteiger partial charge is 0.373 e. The van der Waals surface area contributed by atoms with Crippen molar-refractivity contribution in [2.45, 2.75) is 59.9 Å². The van der Waals surface area contributed by atoms with Crippen LogP contribution in [0.2, 0.25) is 0 Å². The fourth-order valence-electron chi connectivity index (χ4n) is 2.72. The Bertz CT molecular complexity index is 399. The van der Waals surface area contributed by atoms with Gasteiger partial charge >= 0.3 is 0 Å². The number of nitrogens with zero attached hydrogens (tertiary/aromatic N) is 3. The van der Waals surface area contributed by atoms with Crippen LogP contribution in [0.4, 0.5) is 11.6 Å². The summed E-state index contributed by atoms with van der Waals surface area (Å²) in [5.41, 5.74) is 1.22. The average molecular weight is 278 g/mol. The molecule has 1 heterocycles. The van der Waals surface area contributed by atoms with Crippen molar-refractivity contribution in [3.8, 4) is 0 Å². The van der Waals surface area contributed by atoms with E-state index in [0.717, 1.165) is 37.4 Å². The van der Waals surface area contributed by atoms with Gasteiger partial charge in [0.25, 0.3) is 0 Å². The van der Waals surface area contributed by atoms with E-state index in [1.165, 1.54) is 5.56 Å². The van der Waals surface area contributed by atoms with Crippen molar-refractivity contribution >= 4 is 11.6 Å². The molecule has 0 saturated heterocycles. The van der Waals surface area contributed by atoms with E-state index in [-0.39, 0.29) is 0 Å². The Hall–Kier alpha value is -1.32. The molecule has 1 N–H and O–H groups in total. The summed E-state index contributed by atoms with van der Waals surface area (Å²) in [6.07, 6.45) is 4.91. The van der Waals surface area contributed by atoms with Gasteiger partial charge in [0.2, 0.25) is 0 Å². The molecular weight excluding hydrogens is 248 g/mol. The maximum absolute atomic E-state index is 4.60. The average Bonchev–Trinajstić information content (AvgIpc) is 2.46. The highest BCUT2D eigenvalue weighted by Gasteiger charge is 2.22. The van der Waals surface area contributed by atoms with Gasteiger partial charge in [0.05, 0.1) is 0 Å². The van der Waals surface area contributed by atoms with Crippen LogP contribution in [-0.2, 0) is 6.42 Å². The summed E-state index contributed by atoms with van der Waals surface area (Å²) < 4.78 is 0. The number of hydrogen-bond donors (Lipinski definition) is 1. The second-order valence-corrected chi connectivity index (χ2v) is 5.64. The molecule has 1 rings (SSSR count). The highest BCUT2D eigenvalue weighted by molar-refractivity contribution is 5.59. The third-order valence-corrected chi connectivity index (χ3v) is 3.73. The minimum atomic E-state index is 0.544. The molecule has 1 aromatic rings. The predicted molar refractivity (Wildman–Crippen MR) is 87.5 cm³/mol. The van der Waals surface area contributed by atoms with Crippen molar-refractivity contribution in [1.82, 2.24) is 9.97 Å². The van der Waals surface area contributed by atoms with E-state index < -0.39 is 0 Å². The number of hydrogen-bond acceptors (Lipinski definition) is 4. The Labute approximate surface area is 124 Å². The lowest BCUT2D eigenvalue weighted by molar-refractivity contribution is 0.501. The van der Waals surface area contributed by atoms with Crippen LogP contribution in [0.3, 0.4) is 0 Å². The summed E-state index contributed by atoms with van der Waals surface area (Å²) in [6, 6.07) is 0.544. The van der Waals surface area contributed by atoms with E-state index in [1.54, 1.807) is 6.33 Å². The normalized spacial score (nSPS) is 11.2. The van der Waals surface area contributed by atoms with Crippen molar-refractivity contribution in [3.63, 3.8) is 0 Å². The summed E-state index contributed by atoms with van der Waals surface area (Å²) >= 11 is 0. The molecule has 0 unspecified atom stereocenters. The van der Waals surface area contributed by atoms with Crippen LogP contribution in [0.15, 0.2) is 6.33 Å². The van der Waals surface area contributed by atoms with Crippen molar-refractivity contribution in [1.29, 1.82) is 0 Å². The van der Waals surface area contributed by atoms with Crippen LogP contribution in [0.1, 0.15) is 53.0 Å². The summed E-state index contributed by atoms with van der Waals surface area (Å²) in [7, 11) is 1.93. The van der Waals surface area contributed by atoms with Gasteiger partial charge in [0, 0.05) is 25.2 Å². The molecule has 0 aliphatic carbocycles. The van der Waals surface area contributed by atoms with E-state index in [9.17, 15) is 0 Å².